The van der Waals surface area contributed by atoms with Crippen molar-refractivity contribution in [2.75, 3.05) is 5.32 Å². The molecule has 0 atom stereocenters. The van der Waals surface area contributed by atoms with Crippen molar-refractivity contribution >= 4 is 5.82 Å². The molecule has 2 aromatic rings. The van der Waals surface area contributed by atoms with Crippen molar-refractivity contribution < 1.29 is 0 Å². The Morgan fingerprint density at radius 2 is 2.06 bits per heavy atom. The van der Waals surface area contributed by atoms with Gasteiger partial charge in [-0.05, 0) is 17.0 Å². The van der Waals surface area contributed by atoms with E-state index in [0.717, 1.165) is 11.6 Å². The fourth-order valence-corrected chi connectivity index (χ4v) is 1.43. The van der Waals surface area contributed by atoms with Gasteiger partial charge in [-0.15, -0.1) is 0 Å². The highest BCUT2D eigenvalue weighted by Crippen LogP contribution is 2.21. The number of hydrogen-bond acceptors (Lipinski definition) is 4. The quantitative estimate of drug-likeness (QED) is 0.849. The van der Waals surface area contributed by atoms with E-state index in [4.69, 9.17) is 0 Å². The average molecular weight is 231 g/mol. The van der Waals surface area contributed by atoms with E-state index in [9.17, 15) is 0 Å². The van der Waals surface area contributed by atoms with Gasteiger partial charge in [0, 0.05) is 6.20 Å². The Balaban J connectivity index is 1.99. The van der Waals surface area contributed by atoms with Gasteiger partial charge in [0.1, 0.15) is 18.0 Å². The smallest absolute Gasteiger partial charge is 0.143 e. The van der Waals surface area contributed by atoms with E-state index < -0.39 is 0 Å². The van der Waals surface area contributed by atoms with Crippen LogP contribution in [0.2, 0.25) is 0 Å². The maximum atomic E-state index is 4.37. The molecule has 0 saturated carbocycles. The second-order valence-corrected chi connectivity index (χ2v) is 4.97. The van der Waals surface area contributed by atoms with Gasteiger partial charge in [-0.3, -0.25) is 5.10 Å². The summed E-state index contributed by atoms with van der Waals surface area (Å²) in [6.07, 6.45) is 3.40. The molecule has 90 valence electrons. The van der Waals surface area contributed by atoms with Gasteiger partial charge in [0.15, 0.2) is 0 Å². The third-order valence-corrected chi connectivity index (χ3v) is 2.53. The summed E-state index contributed by atoms with van der Waals surface area (Å²) in [6, 6.07) is 4.08. The molecule has 0 saturated heterocycles. The van der Waals surface area contributed by atoms with E-state index in [1.165, 1.54) is 11.9 Å². The molecule has 17 heavy (non-hydrogen) atoms. The molecule has 0 radical (unpaired) electrons. The van der Waals surface area contributed by atoms with Gasteiger partial charge < -0.3 is 5.32 Å². The number of H-pyrrole nitrogens is 1. The van der Waals surface area contributed by atoms with Crippen LogP contribution in [0.25, 0.3) is 0 Å². The van der Waals surface area contributed by atoms with Gasteiger partial charge in [0.2, 0.25) is 0 Å². The highest BCUT2D eigenvalue weighted by molar-refractivity contribution is 5.37. The summed E-state index contributed by atoms with van der Waals surface area (Å²) >= 11 is 0. The Hall–Kier alpha value is -1.91. The molecule has 0 unspecified atom stereocenters. The van der Waals surface area contributed by atoms with Gasteiger partial charge in [-0.1, -0.05) is 26.8 Å². The monoisotopic (exact) mass is 231 g/mol. The molecule has 0 amide bonds. The lowest BCUT2D eigenvalue weighted by Gasteiger charge is -2.18. The molecule has 2 rings (SSSR count). The topological polar surface area (TPSA) is 66.5 Å². The zero-order valence-electron chi connectivity index (χ0n) is 10.4. The number of hydrogen-bond donors (Lipinski definition) is 2. The summed E-state index contributed by atoms with van der Waals surface area (Å²) in [6.45, 7) is 7.12. The SMILES string of the molecule is CC(C)(C)c1ccc(NCc2ncn[nH]2)nc1. The van der Waals surface area contributed by atoms with Gasteiger partial charge in [-0.2, -0.15) is 5.10 Å². The van der Waals surface area contributed by atoms with Crippen molar-refractivity contribution in [2.24, 2.45) is 0 Å². The maximum absolute atomic E-state index is 4.37. The zero-order valence-corrected chi connectivity index (χ0v) is 10.4. The molecule has 0 aromatic carbocycles. The minimum atomic E-state index is 0.135. The van der Waals surface area contributed by atoms with Crippen LogP contribution in [0, 0.1) is 0 Å². The summed E-state index contributed by atoms with van der Waals surface area (Å²) in [5, 5.41) is 9.76. The summed E-state index contributed by atoms with van der Waals surface area (Å²) in [4.78, 5) is 8.40. The second-order valence-electron chi connectivity index (χ2n) is 4.97. The van der Waals surface area contributed by atoms with Crippen LogP contribution in [-0.4, -0.2) is 20.2 Å². The van der Waals surface area contributed by atoms with Crippen LogP contribution in [0.4, 0.5) is 5.82 Å². The van der Waals surface area contributed by atoms with Crippen molar-refractivity contribution in [1.29, 1.82) is 0 Å². The highest BCUT2D eigenvalue weighted by atomic mass is 15.2. The largest absolute Gasteiger partial charge is 0.363 e. The van der Waals surface area contributed by atoms with Crippen LogP contribution in [0.1, 0.15) is 32.2 Å². The lowest BCUT2D eigenvalue weighted by atomic mass is 9.88. The molecule has 0 bridgehead atoms. The molecule has 5 nitrogen and oxygen atoms in total. The number of aromatic amines is 1. The van der Waals surface area contributed by atoms with Gasteiger partial charge in [-0.25, -0.2) is 9.97 Å². The van der Waals surface area contributed by atoms with Gasteiger partial charge in [0.25, 0.3) is 0 Å². The first-order valence-electron chi connectivity index (χ1n) is 5.60. The number of anilines is 1. The average Bonchev–Trinajstić information content (AvgIpc) is 2.78. The number of aromatic nitrogens is 4. The third-order valence-electron chi connectivity index (χ3n) is 2.53. The lowest BCUT2D eigenvalue weighted by Crippen LogP contribution is -2.12. The van der Waals surface area contributed by atoms with E-state index in [1.807, 2.05) is 12.3 Å². The minimum Gasteiger partial charge on any atom is -0.363 e. The molecule has 0 aliphatic heterocycles. The number of rotatable bonds is 3. The molecule has 0 aliphatic carbocycles. The van der Waals surface area contributed by atoms with E-state index in [-0.39, 0.29) is 5.41 Å². The van der Waals surface area contributed by atoms with Crippen LogP contribution in [0.15, 0.2) is 24.7 Å². The van der Waals surface area contributed by atoms with Gasteiger partial charge >= 0.3 is 0 Å². The van der Waals surface area contributed by atoms with E-state index in [1.54, 1.807) is 0 Å². The standard InChI is InChI=1S/C12H17N5/c1-12(2,3)9-4-5-10(13-6-9)14-7-11-15-8-16-17-11/h4-6,8H,7H2,1-3H3,(H,13,14)(H,15,16,17). The predicted octanol–water partition coefficient (Wildman–Crippen LogP) is 2.11. The van der Waals surface area contributed by atoms with Crippen molar-refractivity contribution in [3.05, 3.63) is 36.0 Å². The molecule has 0 aliphatic rings. The molecule has 2 aromatic heterocycles. The Labute approximate surface area is 101 Å². The van der Waals surface area contributed by atoms with Crippen molar-refractivity contribution in [3.63, 3.8) is 0 Å². The predicted molar refractivity (Wildman–Crippen MR) is 66.6 cm³/mol. The fourth-order valence-electron chi connectivity index (χ4n) is 1.43. The zero-order chi connectivity index (χ0) is 12.3. The van der Waals surface area contributed by atoms with E-state index in [2.05, 4.69) is 52.3 Å². The van der Waals surface area contributed by atoms with Crippen LogP contribution in [0.3, 0.4) is 0 Å². The van der Waals surface area contributed by atoms with Crippen LogP contribution in [-0.2, 0) is 12.0 Å². The molecule has 2 heterocycles. The fraction of sp³-hybridized carbons (Fsp3) is 0.417. The first-order chi connectivity index (χ1) is 8.05. The van der Waals surface area contributed by atoms with Crippen molar-refractivity contribution in [3.8, 4) is 0 Å². The van der Waals surface area contributed by atoms with Crippen molar-refractivity contribution in [2.45, 2.75) is 32.7 Å². The summed E-state index contributed by atoms with van der Waals surface area (Å²) < 4.78 is 0. The first-order valence-corrected chi connectivity index (χ1v) is 5.60. The maximum Gasteiger partial charge on any atom is 0.143 e. The number of nitrogens with one attached hydrogen (secondary N) is 2. The van der Waals surface area contributed by atoms with E-state index in [0.29, 0.717) is 6.54 Å². The van der Waals surface area contributed by atoms with E-state index >= 15 is 0 Å². The summed E-state index contributed by atoms with van der Waals surface area (Å²) in [7, 11) is 0. The number of nitrogens with zero attached hydrogens (tertiary/aromatic N) is 3. The molecule has 2 N–H and O–H groups in total. The Morgan fingerprint density at radius 1 is 1.24 bits per heavy atom. The lowest BCUT2D eigenvalue weighted by molar-refractivity contribution is 0.587. The Bertz CT molecular complexity index is 453. The third kappa shape index (κ3) is 3.03. The summed E-state index contributed by atoms with van der Waals surface area (Å²) in [5.74, 6) is 1.64. The first kappa shape index (κ1) is 11.6. The molecule has 0 fully saturated rings. The molecular formula is C12H17N5. The minimum absolute atomic E-state index is 0.135. The second kappa shape index (κ2) is 4.53. The number of pyridine rings is 1. The Morgan fingerprint density at radius 3 is 2.59 bits per heavy atom. The highest BCUT2D eigenvalue weighted by Gasteiger charge is 2.13. The van der Waals surface area contributed by atoms with Crippen LogP contribution >= 0.6 is 0 Å². The summed E-state index contributed by atoms with van der Waals surface area (Å²) in [5.41, 5.74) is 1.36. The van der Waals surface area contributed by atoms with Crippen molar-refractivity contribution in [1.82, 2.24) is 20.2 Å². The molecule has 0 spiro atoms. The Kier molecular flexibility index (Phi) is 3.08. The van der Waals surface area contributed by atoms with Crippen LogP contribution in [0.5, 0.6) is 0 Å². The normalized spacial score (nSPS) is 11.5. The van der Waals surface area contributed by atoms with Gasteiger partial charge in [0.05, 0.1) is 6.54 Å². The van der Waals surface area contributed by atoms with Crippen LogP contribution < -0.4 is 5.32 Å². The molecular weight excluding hydrogens is 214 g/mol. The molecule has 5 heteroatoms.